The molecular formula is C18H32N5O5P. The van der Waals surface area contributed by atoms with Gasteiger partial charge in [0.1, 0.15) is 11.3 Å². The fourth-order valence-corrected chi connectivity index (χ4v) is 3.97. The molecule has 29 heavy (non-hydrogen) atoms. The van der Waals surface area contributed by atoms with E-state index in [2.05, 4.69) is 15.0 Å². The molecule has 10 nitrogen and oxygen atoms in total. The van der Waals surface area contributed by atoms with Gasteiger partial charge in [-0.15, -0.1) is 0 Å². The van der Waals surface area contributed by atoms with E-state index >= 15 is 0 Å². The van der Waals surface area contributed by atoms with E-state index in [1.165, 1.54) is 0 Å². The molecule has 0 aliphatic heterocycles. The van der Waals surface area contributed by atoms with Crippen LogP contribution in [0, 0.1) is 12.8 Å². The molecule has 2 unspecified atom stereocenters. The molecule has 2 aromatic rings. The lowest BCUT2D eigenvalue weighted by molar-refractivity contribution is 0.0168. The van der Waals surface area contributed by atoms with Crippen LogP contribution in [0.15, 0.2) is 6.33 Å². The molecule has 11 heteroatoms. The van der Waals surface area contributed by atoms with Crippen molar-refractivity contribution in [1.82, 2.24) is 19.5 Å². The second-order valence-corrected chi connectivity index (χ2v) is 7.83. The van der Waals surface area contributed by atoms with E-state index in [0.29, 0.717) is 49.0 Å². The van der Waals surface area contributed by atoms with Gasteiger partial charge < -0.3 is 33.7 Å². The van der Waals surface area contributed by atoms with Gasteiger partial charge in [-0.1, -0.05) is 0 Å². The number of hydrogen-bond acceptors (Lipinski definition) is 9. The average molecular weight is 429 g/mol. The number of aliphatic hydroxyl groups excluding tert-OH is 1. The molecule has 2 heterocycles. The maximum Gasteiger partial charge on any atom is 0.332 e. The Morgan fingerprint density at radius 3 is 2.48 bits per heavy atom. The minimum Gasteiger partial charge on any atom is -0.396 e. The predicted octanol–water partition coefficient (Wildman–Crippen LogP) is 2.61. The van der Waals surface area contributed by atoms with Crippen molar-refractivity contribution >= 4 is 25.6 Å². The lowest BCUT2D eigenvalue weighted by Crippen LogP contribution is -2.28. The lowest BCUT2D eigenvalue weighted by Gasteiger charge is -2.27. The first-order valence-electron chi connectivity index (χ1n) is 9.74. The quantitative estimate of drug-likeness (QED) is 0.462. The van der Waals surface area contributed by atoms with Crippen molar-refractivity contribution < 1.29 is 23.4 Å². The molecule has 0 saturated carbocycles. The second kappa shape index (κ2) is 11.7. The molecule has 0 saturated heterocycles. The number of nitrogens with two attached hydrogens (primary N) is 1. The molecule has 0 spiro atoms. The molecular weight excluding hydrogens is 397 g/mol. The minimum absolute atomic E-state index is 0.0219. The van der Waals surface area contributed by atoms with Gasteiger partial charge in [0.2, 0.25) is 0 Å². The topological polar surface area (TPSA) is 127 Å². The first-order chi connectivity index (χ1) is 13.9. The van der Waals surface area contributed by atoms with Crippen molar-refractivity contribution in [2.45, 2.75) is 46.3 Å². The third kappa shape index (κ3) is 6.28. The van der Waals surface area contributed by atoms with Gasteiger partial charge in [-0.05, 0) is 34.1 Å². The van der Waals surface area contributed by atoms with Crippen molar-refractivity contribution in [2.75, 3.05) is 39.3 Å². The van der Waals surface area contributed by atoms with Crippen molar-refractivity contribution in [3.05, 3.63) is 12.2 Å². The highest BCUT2D eigenvalue weighted by Crippen LogP contribution is 2.40. The molecule has 2 rings (SSSR count). The Morgan fingerprint density at radius 2 is 1.90 bits per heavy atom. The summed E-state index contributed by atoms with van der Waals surface area (Å²) in [5.41, 5.74) is 7.18. The number of methoxy groups -OCH3 is 1. The summed E-state index contributed by atoms with van der Waals surface area (Å²) < 4.78 is 24.2. The SMILES string of the molecule is CCOP(OCC)OC[C@H](CC(CO)C(C)n1cnc2c(N)nc(C)nc21)OC. The van der Waals surface area contributed by atoms with E-state index in [0.717, 1.165) is 0 Å². The second-order valence-electron chi connectivity index (χ2n) is 6.61. The fraction of sp³-hybridized carbons (Fsp3) is 0.722. The largest absolute Gasteiger partial charge is 0.396 e. The summed E-state index contributed by atoms with van der Waals surface area (Å²) >= 11 is 0. The fourth-order valence-electron chi connectivity index (χ4n) is 3.04. The number of nitrogens with zero attached hydrogens (tertiary/aromatic N) is 4. The molecule has 164 valence electrons. The maximum absolute atomic E-state index is 10.0. The normalized spacial score (nSPS) is 15.1. The van der Waals surface area contributed by atoms with Crippen LogP contribution in [0.3, 0.4) is 0 Å². The highest BCUT2D eigenvalue weighted by atomic mass is 31.2. The van der Waals surface area contributed by atoms with Gasteiger partial charge in [0, 0.05) is 25.7 Å². The summed E-state index contributed by atoms with van der Waals surface area (Å²) in [6.45, 7) is 8.89. The van der Waals surface area contributed by atoms with Gasteiger partial charge in [0.05, 0.1) is 32.3 Å². The molecule has 0 amide bonds. The van der Waals surface area contributed by atoms with Crippen LogP contribution in [0.2, 0.25) is 0 Å². The van der Waals surface area contributed by atoms with Gasteiger partial charge in [-0.25, -0.2) is 15.0 Å². The van der Waals surface area contributed by atoms with Crippen molar-refractivity contribution in [3.8, 4) is 0 Å². The van der Waals surface area contributed by atoms with E-state index in [1.807, 2.05) is 25.3 Å². The number of aromatic nitrogens is 4. The molecule has 0 aliphatic rings. The van der Waals surface area contributed by atoms with Crippen molar-refractivity contribution in [3.63, 3.8) is 0 Å². The van der Waals surface area contributed by atoms with Crippen LogP contribution in [-0.2, 0) is 18.3 Å². The molecule has 0 radical (unpaired) electrons. The monoisotopic (exact) mass is 429 g/mol. The first kappa shape index (κ1) is 23.9. The third-order valence-corrected chi connectivity index (χ3v) is 5.95. The Balaban J connectivity index is 2.09. The van der Waals surface area contributed by atoms with Gasteiger partial charge >= 0.3 is 8.60 Å². The Morgan fingerprint density at radius 1 is 1.21 bits per heavy atom. The zero-order valence-electron chi connectivity index (χ0n) is 17.7. The summed E-state index contributed by atoms with van der Waals surface area (Å²) in [5.74, 6) is 0.818. The highest BCUT2D eigenvalue weighted by molar-refractivity contribution is 7.41. The third-order valence-electron chi connectivity index (χ3n) is 4.65. The number of fused-ring (bicyclic) bond motifs is 1. The van der Waals surface area contributed by atoms with E-state index in [1.54, 1.807) is 20.4 Å². The molecule has 0 fully saturated rings. The molecule has 0 aliphatic carbocycles. The Labute approximate surface area is 172 Å². The zero-order valence-corrected chi connectivity index (χ0v) is 18.6. The van der Waals surface area contributed by atoms with Crippen LogP contribution in [-0.4, -0.2) is 64.3 Å². The molecule has 2 aromatic heterocycles. The predicted molar refractivity (Wildman–Crippen MR) is 111 cm³/mol. The Bertz CT molecular complexity index is 756. The minimum atomic E-state index is -1.40. The van der Waals surface area contributed by atoms with Crippen LogP contribution < -0.4 is 5.73 Å². The maximum atomic E-state index is 10.0. The summed E-state index contributed by atoms with van der Waals surface area (Å²) in [4.78, 5) is 13.0. The summed E-state index contributed by atoms with van der Waals surface area (Å²) in [6, 6.07) is -0.0864. The van der Waals surface area contributed by atoms with Crippen LogP contribution in [0.1, 0.15) is 39.1 Å². The molecule has 3 atom stereocenters. The zero-order chi connectivity index (χ0) is 21.4. The standard InChI is InChI=1S/C18H32N5O5P/c1-6-26-29(27-7-2)28-10-15(25-5)8-14(9-24)12(3)23-11-20-16-17(19)21-13(4)22-18(16)23/h11-12,14-15,24H,6-10H2,1-5H3,(H2,19,21,22)/t12?,14?,15-/m0/s1. The Hall–Kier alpha value is -1.42. The van der Waals surface area contributed by atoms with Gasteiger partial charge in [0.15, 0.2) is 11.5 Å². The van der Waals surface area contributed by atoms with Crippen molar-refractivity contribution in [1.29, 1.82) is 0 Å². The van der Waals surface area contributed by atoms with Gasteiger partial charge in [0.25, 0.3) is 0 Å². The molecule has 0 aromatic carbocycles. The van der Waals surface area contributed by atoms with Gasteiger partial charge in [-0.3, -0.25) is 0 Å². The van der Waals surface area contributed by atoms with E-state index < -0.39 is 8.60 Å². The van der Waals surface area contributed by atoms with E-state index in [9.17, 15) is 5.11 Å². The highest BCUT2D eigenvalue weighted by Gasteiger charge is 2.26. The number of ether oxygens (including phenoxy) is 1. The smallest absolute Gasteiger partial charge is 0.332 e. The summed E-state index contributed by atoms with van der Waals surface area (Å²) in [7, 11) is 0.226. The van der Waals surface area contributed by atoms with Crippen molar-refractivity contribution in [2.24, 2.45) is 5.92 Å². The number of hydrogen-bond donors (Lipinski definition) is 2. The van der Waals surface area contributed by atoms with Crippen LogP contribution in [0.5, 0.6) is 0 Å². The molecule has 0 bridgehead atoms. The lowest BCUT2D eigenvalue weighted by atomic mass is 9.95. The van der Waals surface area contributed by atoms with Crippen LogP contribution in [0.25, 0.3) is 11.2 Å². The summed E-state index contributed by atoms with van der Waals surface area (Å²) in [5, 5.41) is 10.0. The first-order valence-corrected chi connectivity index (χ1v) is 10.8. The number of imidazole rings is 1. The van der Waals surface area contributed by atoms with E-state index in [4.69, 9.17) is 24.0 Å². The van der Waals surface area contributed by atoms with E-state index in [-0.39, 0.29) is 24.7 Å². The summed E-state index contributed by atoms with van der Waals surface area (Å²) in [6.07, 6.45) is 2.04. The van der Waals surface area contributed by atoms with Crippen LogP contribution >= 0.6 is 8.60 Å². The van der Waals surface area contributed by atoms with Crippen LogP contribution in [0.4, 0.5) is 5.82 Å². The number of anilines is 1. The Kier molecular flexibility index (Phi) is 9.61. The average Bonchev–Trinajstić information content (AvgIpc) is 3.12. The number of rotatable bonds is 13. The number of aryl methyl sites for hydroxylation is 1. The molecule has 3 N–H and O–H groups in total. The number of nitrogen functional groups attached to an aromatic ring is 1. The van der Waals surface area contributed by atoms with Gasteiger partial charge in [-0.2, -0.15) is 0 Å². The number of aliphatic hydroxyl groups is 1.